The average Bonchev–Trinajstić information content (AvgIpc) is 2.72. The van der Waals surface area contributed by atoms with Gasteiger partial charge in [0.25, 0.3) is 11.6 Å². The Labute approximate surface area is 162 Å². The van der Waals surface area contributed by atoms with E-state index in [1.165, 1.54) is 12.1 Å². The Morgan fingerprint density at radius 1 is 1.29 bits per heavy atom. The molecule has 0 radical (unpaired) electrons. The highest BCUT2D eigenvalue weighted by Crippen LogP contribution is 2.27. The van der Waals surface area contributed by atoms with Crippen LogP contribution in [0.25, 0.3) is 0 Å². The van der Waals surface area contributed by atoms with E-state index in [1.807, 2.05) is 25.1 Å². The number of carbonyl (C=O) groups is 1. The second kappa shape index (κ2) is 8.81. The minimum Gasteiger partial charge on any atom is -0.387 e. The highest BCUT2D eigenvalue weighted by molar-refractivity contribution is 5.95. The fourth-order valence-corrected chi connectivity index (χ4v) is 3.12. The molecule has 1 amide bonds. The minimum absolute atomic E-state index is 0.112. The van der Waals surface area contributed by atoms with Crippen LogP contribution in [0.15, 0.2) is 42.5 Å². The van der Waals surface area contributed by atoms with Crippen LogP contribution in [0.4, 0.5) is 11.4 Å². The third-order valence-corrected chi connectivity index (χ3v) is 4.65. The molecule has 0 saturated carbocycles. The van der Waals surface area contributed by atoms with Gasteiger partial charge in [0.05, 0.1) is 24.2 Å². The molecule has 1 heterocycles. The lowest BCUT2D eigenvalue weighted by Crippen LogP contribution is -2.40. The molecule has 0 aromatic heterocycles. The van der Waals surface area contributed by atoms with E-state index in [0.29, 0.717) is 26.3 Å². The summed E-state index contributed by atoms with van der Waals surface area (Å²) in [4.78, 5) is 25.1. The third-order valence-electron chi connectivity index (χ3n) is 4.65. The molecule has 2 aromatic carbocycles. The quantitative estimate of drug-likeness (QED) is 0.585. The molecular formula is C20H23N3O5. The number of aliphatic hydroxyl groups excluding tert-OH is 1. The first kappa shape index (κ1) is 19.8. The fourth-order valence-electron chi connectivity index (χ4n) is 3.12. The van der Waals surface area contributed by atoms with E-state index in [9.17, 15) is 20.0 Å². The van der Waals surface area contributed by atoms with Crippen molar-refractivity contribution < 1.29 is 19.6 Å². The second-order valence-electron chi connectivity index (χ2n) is 6.70. The summed E-state index contributed by atoms with van der Waals surface area (Å²) in [6.07, 6.45) is -0.811. The molecule has 8 heteroatoms. The number of benzene rings is 2. The van der Waals surface area contributed by atoms with Gasteiger partial charge in [-0.2, -0.15) is 0 Å². The molecule has 0 spiro atoms. The normalized spacial score (nSPS) is 15.1. The summed E-state index contributed by atoms with van der Waals surface area (Å²) in [6.45, 7) is 3.90. The van der Waals surface area contributed by atoms with Crippen LogP contribution in [-0.4, -0.2) is 53.7 Å². The predicted molar refractivity (Wildman–Crippen MR) is 104 cm³/mol. The van der Waals surface area contributed by atoms with Crippen LogP contribution < -0.4 is 5.32 Å². The number of hydrogen-bond acceptors (Lipinski definition) is 6. The van der Waals surface area contributed by atoms with Gasteiger partial charge in [-0.3, -0.25) is 14.9 Å². The summed E-state index contributed by atoms with van der Waals surface area (Å²) in [5.41, 5.74) is 2.08. The van der Waals surface area contributed by atoms with Crippen molar-refractivity contribution in [1.29, 1.82) is 0 Å². The van der Waals surface area contributed by atoms with Gasteiger partial charge < -0.3 is 20.1 Å². The fraction of sp³-hybridized carbons (Fsp3) is 0.350. The first-order chi connectivity index (χ1) is 13.5. The Hall–Kier alpha value is -2.97. The summed E-state index contributed by atoms with van der Waals surface area (Å²) in [6, 6.07) is 11.8. The van der Waals surface area contributed by atoms with E-state index in [4.69, 9.17) is 4.74 Å². The number of ether oxygens (including phenoxy) is 1. The predicted octanol–water partition coefficient (Wildman–Crippen LogP) is 2.52. The van der Waals surface area contributed by atoms with Crippen molar-refractivity contribution in [3.8, 4) is 0 Å². The zero-order chi connectivity index (χ0) is 20.1. The van der Waals surface area contributed by atoms with E-state index in [2.05, 4.69) is 5.32 Å². The van der Waals surface area contributed by atoms with Gasteiger partial charge in [0, 0.05) is 31.3 Å². The van der Waals surface area contributed by atoms with Gasteiger partial charge in [-0.1, -0.05) is 29.8 Å². The molecule has 3 rings (SSSR count). The number of morpholine rings is 1. The van der Waals surface area contributed by atoms with E-state index in [0.717, 1.165) is 11.1 Å². The van der Waals surface area contributed by atoms with Crippen LogP contribution in [0.2, 0.25) is 0 Å². The summed E-state index contributed by atoms with van der Waals surface area (Å²) < 4.78 is 5.23. The van der Waals surface area contributed by atoms with Crippen LogP contribution >= 0.6 is 0 Å². The van der Waals surface area contributed by atoms with E-state index in [-0.39, 0.29) is 29.4 Å². The number of nitro groups is 1. The first-order valence-electron chi connectivity index (χ1n) is 9.09. The number of anilines is 1. The van der Waals surface area contributed by atoms with Crippen LogP contribution in [-0.2, 0) is 4.74 Å². The monoisotopic (exact) mass is 385 g/mol. The highest BCUT2D eigenvalue weighted by atomic mass is 16.6. The van der Waals surface area contributed by atoms with Gasteiger partial charge in [0.15, 0.2) is 0 Å². The maximum Gasteiger partial charge on any atom is 0.293 e. The number of aliphatic hydroxyl groups is 1. The molecule has 0 bridgehead atoms. The number of aryl methyl sites for hydroxylation is 1. The lowest BCUT2D eigenvalue weighted by Gasteiger charge is -2.26. The Morgan fingerprint density at radius 2 is 2.04 bits per heavy atom. The van der Waals surface area contributed by atoms with Crippen LogP contribution in [0.5, 0.6) is 0 Å². The number of hydrogen-bond donors (Lipinski definition) is 2. The van der Waals surface area contributed by atoms with Crippen molar-refractivity contribution in [1.82, 2.24) is 4.90 Å². The van der Waals surface area contributed by atoms with Gasteiger partial charge in [-0.25, -0.2) is 0 Å². The molecule has 1 unspecified atom stereocenters. The SMILES string of the molecule is Cc1cccc(C(O)CNc2ccc(C(=O)N3CCOCC3)cc2[N+](=O)[O-])c1. The minimum atomic E-state index is -0.811. The van der Waals surface area contributed by atoms with Crippen molar-refractivity contribution in [2.75, 3.05) is 38.2 Å². The number of amides is 1. The van der Waals surface area contributed by atoms with Crippen molar-refractivity contribution in [3.05, 3.63) is 69.3 Å². The first-order valence-corrected chi connectivity index (χ1v) is 9.09. The summed E-state index contributed by atoms with van der Waals surface area (Å²) in [7, 11) is 0. The third kappa shape index (κ3) is 4.65. The molecule has 1 aliphatic heterocycles. The average molecular weight is 385 g/mol. The maximum atomic E-state index is 12.6. The van der Waals surface area contributed by atoms with Crippen molar-refractivity contribution >= 4 is 17.3 Å². The molecule has 28 heavy (non-hydrogen) atoms. The zero-order valence-electron chi connectivity index (χ0n) is 15.6. The van der Waals surface area contributed by atoms with Crippen LogP contribution in [0, 0.1) is 17.0 Å². The summed E-state index contributed by atoms with van der Waals surface area (Å²) in [5.74, 6) is -0.252. The van der Waals surface area contributed by atoms with Gasteiger partial charge >= 0.3 is 0 Å². The zero-order valence-corrected chi connectivity index (χ0v) is 15.6. The van der Waals surface area contributed by atoms with Crippen LogP contribution in [0.3, 0.4) is 0 Å². The van der Waals surface area contributed by atoms with E-state index in [1.54, 1.807) is 17.0 Å². The number of carbonyl (C=O) groups excluding carboxylic acids is 1. The van der Waals surface area contributed by atoms with E-state index >= 15 is 0 Å². The van der Waals surface area contributed by atoms with Crippen molar-refractivity contribution in [3.63, 3.8) is 0 Å². The number of nitro benzene ring substituents is 1. The van der Waals surface area contributed by atoms with E-state index < -0.39 is 11.0 Å². The Kier molecular flexibility index (Phi) is 6.23. The van der Waals surface area contributed by atoms with Crippen molar-refractivity contribution in [2.45, 2.75) is 13.0 Å². The molecule has 1 saturated heterocycles. The molecule has 1 atom stereocenters. The molecular weight excluding hydrogens is 362 g/mol. The molecule has 0 aliphatic carbocycles. The van der Waals surface area contributed by atoms with Crippen molar-refractivity contribution in [2.24, 2.45) is 0 Å². The summed E-state index contributed by atoms with van der Waals surface area (Å²) in [5, 5.41) is 24.8. The van der Waals surface area contributed by atoms with Gasteiger partial charge in [-0.15, -0.1) is 0 Å². The van der Waals surface area contributed by atoms with Gasteiger partial charge in [-0.05, 0) is 24.6 Å². The smallest absolute Gasteiger partial charge is 0.293 e. The molecule has 8 nitrogen and oxygen atoms in total. The maximum absolute atomic E-state index is 12.6. The Bertz CT molecular complexity index is 865. The van der Waals surface area contributed by atoms with Crippen LogP contribution in [0.1, 0.15) is 27.6 Å². The standard InChI is InChI=1S/C20H23N3O5/c1-14-3-2-4-15(11-14)19(24)13-21-17-6-5-16(12-18(17)23(26)27)20(25)22-7-9-28-10-8-22/h2-6,11-12,19,21,24H,7-10,13H2,1H3. The van der Waals surface area contributed by atoms with Gasteiger partial charge in [0.1, 0.15) is 5.69 Å². The molecule has 2 aromatic rings. The molecule has 1 aliphatic rings. The second-order valence-corrected chi connectivity index (χ2v) is 6.70. The lowest BCUT2D eigenvalue weighted by atomic mass is 10.1. The Morgan fingerprint density at radius 3 is 2.71 bits per heavy atom. The number of nitrogens with zero attached hydrogens (tertiary/aromatic N) is 2. The topological polar surface area (TPSA) is 105 Å². The highest BCUT2D eigenvalue weighted by Gasteiger charge is 2.23. The summed E-state index contributed by atoms with van der Waals surface area (Å²) >= 11 is 0. The molecule has 2 N–H and O–H groups in total. The molecule has 1 fully saturated rings. The number of nitrogens with one attached hydrogen (secondary N) is 1. The number of rotatable bonds is 6. The lowest BCUT2D eigenvalue weighted by molar-refractivity contribution is -0.384. The van der Waals surface area contributed by atoms with Gasteiger partial charge in [0.2, 0.25) is 0 Å². The Balaban J connectivity index is 1.74. The molecule has 148 valence electrons. The largest absolute Gasteiger partial charge is 0.387 e.